The van der Waals surface area contributed by atoms with Gasteiger partial charge in [-0.05, 0) is 24.6 Å². The van der Waals surface area contributed by atoms with E-state index in [0.29, 0.717) is 18.1 Å². The van der Waals surface area contributed by atoms with Gasteiger partial charge in [-0.3, -0.25) is 15.0 Å². The Balaban J connectivity index is 1.37. The second-order valence-corrected chi connectivity index (χ2v) is 7.00. The summed E-state index contributed by atoms with van der Waals surface area (Å²) >= 11 is 0. The molecule has 0 unspecified atom stereocenters. The van der Waals surface area contributed by atoms with Crippen molar-refractivity contribution in [3.05, 3.63) is 70.5 Å². The van der Waals surface area contributed by atoms with Crippen LogP contribution in [-0.2, 0) is 6.67 Å². The summed E-state index contributed by atoms with van der Waals surface area (Å²) < 4.78 is 1.79. The molecule has 0 amide bonds. The Bertz CT molecular complexity index is 978. The zero-order valence-electron chi connectivity index (χ0n) is 15.7. The van der Waals surface area contributed by atoms with E-state index < -0.39 is 4.92 Å². The fourth-order valence-corrected chi connectivity index (χ4v) is 3.43. The van der Waals surface area contributed by atoms with E-state index in [4.69, 9.17) is 0 Å². The van der Waals surface area contributed by atoms with Crippen molar-refractivity contribution in [1.82, 2.24) is 19.7 Å². The fraction of sp³-hybridized carbons (Fsp3) is 0.300. The van der Waals surface area contributed by atoms with Gasteiger partial charge in [0.1, 0.15) is 6.33 Å². The fourth-order valence-electron chi connectivity index (χ4n) is 3.43. The summed E-state index contributed by atoms with van der Waals surface area (Å²) in [5.74, 6) is 0.502. The van der Waals surface area contributed by atoms with E-state index in [1.807, 2.05) is 0 Å². The SMILES string of the molecule is Cc1cccc(N2CCN(Cn3cnc(-c4cccc([N+](=O)[O-])c4)n3)CC2)c1. The monoisotopic (exact) mass is 378 g/mol. The molecular formula is C20H22N6O2. The van der Waals surface area contributed by atoms with Crippen molar-refractivity contribution in [3.8, 4) is 11.4 Å². The Hall–Kier alpha value is -3.26. The molecule has 1 aliphatic rings. The van der Waals surface area contributed by atoms with E-state index in [-0.39, 0.29) is 5.69 Å². The third-order valence-corrected chi connectivity index (χ3v) is 4.94. The number of nitrogens with zero attached hydrogens (tertiary/aromatic N) is 6. The van der Waals surface area contributed by atoms with Crippen molar-refractivity contribution < 1.29 is 4.92 Å². The number of non-ortho nitro benzene ring substituents is 1. The van der Waals surface area contributed by atoms with Crippen LogP contribution in [0.1, 0.15) is 5.56 Å². The normalized spacial score (nSPS) is 15.0. The minimum Gasteiger partial charge on any atom is -0.369 e. The summed E-state index contributed by atoms with van der Waals surface area (Å²) in [6, 6.07) is 15.0. The molecule has 2 heterocycles. The van der Waals surface area contributed by atoms with Crippen LogP contribution in [0.15, 0.2) is 54.9 Å². The van der Waals surface area contributed by atoms with Crippen LogP contribution in [0.5, 0.6) is 0 Å². The molecule has 0 saturated carbocycles. The summed E-state index contributed by atoms with van der Waals surface area (Å²) in [5.41, 5.74) is 3.24. The molecule has 1 saturated heterocycles. The van der Waals surface area contributed by atoms with Crippen molar-refractivity contribution in [2.24, 2.45) is 0 Å². The third kappa shape index (κ3) is 4.01. The van der Waals surface area contributed by atoms with Gasteiger partial charge in [0.15, 0.2) is 5.82 Å². The van der Waals surface area contributed by atoms with Crippen molar-refractivity contribution in [3.63, 3.8) is 0 Å². The van der Waals surface area contributed by atoms with Gasteiger partial charge in [-0.1, -0.05) is 24.3 Å². The Labute approximate surface area is 163 Å². The Kier molecular flexibility index (Phi) is 5.03. The second kappa shape index (κ2) is 7.77. The second-order valence-electron chi connectivity index (χ2n) is 7.00. The number of rotatable bonds is 5. The lowest BCUT2D eigenvalue weighted by Gasteiger charge is -2.36. The Morgan fingerprint density at radius 1 is 1.07 bits per heavy atom. The maximum atomic E-state index is 10.9. The van der Waals surface area contributed by atoms with Crippen LogP contribution in [0.4, 0.5) is 11.4 Å². The highest BCUT2D eigenvalue weighted by Crippen LogP contribution is 2.21. The van der Waals surface area contributed by atoms with Crippen LogP contribution in [0.3, 0.4) is 0 Å². The van der Waals surface area contributed by atoms with E-state index in [1.54, 1.807) is 23.1 Å². The number of hydrogen-bond donors (Lipinski definition) is 0. The molecule has 3 aromatic rings. The van der Waals surface area contributed by atoms with E-state index in [0.717, 1.165) is 26.2 Å². The quantitative estimate of drug-likeness (QED) is 0.502. The molecule has 0 bridgehead atoms. The first-order valence-electron chi connectivity index (χ1n) is 9.27. The number of anilines is 1. The summed E-state index contributed by atoms with van der Waals surface area (Å²) in [6.07, 6.45) is 1.68. The predicted molar refractivity (Wildman–Crippen MR) is 107 cm³/mol. The van der Waals surface area contributed by atoms with Gasteiger partial charge in [-0.2, -0.15) is 0 Å². The average Bonchev–Trinajstić information content (AvgIpc) is 3.17. The largest absolute Gasteiger partial charge is 0.369 e. The number of aryl methyl sites for hydroxylation is 1. The van der Waals surface area contributed by atoms with Crippen molar-refractivity contribution >= 4 is 11.4 Å². The zero-order valence-corrected chi connectivity index (χ0v) is 15.7. The number of nitro groups is 1. The molecule has 0 aliphatic carbocycles. The van der Waals surface area contributed by atoms with Gasteiger partial charge in [0.05, 0.1) is 11.6 Å². The lowest BCUT2D eigenvalue weighted by atomic mass is 10.2. The molecule has 144 valence electrons. The van der Waals surface area contributed by atoms with Crippen molar-refractivity contribution in [2.75, 3.05) is 31.1 Å². The van der Waals surface area contributed by atoms with E-state index in [9.17, 15) is 10.1 Å². The summed E-state index contributed by atoms with van der Waals surface area (Å²) in [5, 5.41) is 15.4. The third-order valence-electron chi connectivity index (χ3n) is 4.94. The van der Waals surface area contributed by atoms with Crippen LogP contribution >= 0.6 is 0 Å². The van der Waals surface area contributed by atoms with Gasteiger partial charge in [0.25, 0.3) is 5.69 Å². The first-order chi connectivity index (χ1) is 13.6. The molecule has 0 radical (unpaired) electrons. The first-order valence-corrected chi connectivity index (χ1v) is 9.27. The van der Waals surface area contributed by atoms with Gasteiger partial charge < -0.3 is 4.90 Å². The van der Waals surface area contributed by atoms with Crippen LogP contribution in [0, 0.1) is 17.0 Å². The summed E-state index contributed by atoms with van der Waals surface area (Å²) in [6.45, 7) is 6.60. The molecule has 0 atom stereocenters. The summed E-state index contributed by atoms with van der Waals surface area (Å²) in [7, 11) is 0. The zero-order chi connectivity index (χ0) is 19.5. The minimum absolute atomic E-state index is 0.0427. The predicted octanol–water partition coefficient (Wildman–Crippen LogP) is 2.94. The molecule has 1 aliphatic heterocycles. The number of nitro benzene ring substituents is 1. The molecule has 0 spiro atoms. The topological polar surface area (TPSA) is 80.3 Å². The highest BCUT2D eigenvalue weighted by atomic mass is 16.6. The minimum atomic E-state index is -0.409. The molecule has 1 fully saturated rings. The van der Waals surface area contributed by atoms with Crippen LogP contribution in [0.25, 0.3) is 11.4 Å². The summed E-state index contributed by atoms with van der Waals surface area (Å²) in [4.78, 5) is 19.6. The molecule has 0 N–H and O–H groups in total. The van der Waals surface area contributed by atoms with Crippen LogP contribution < -0.4 is 4.90 Å². The van der Waals surface area contributed by atoms with Crippen LogP contribution in [-0.4, -0.2) is 50.8 Å². The molecule has 8 nitrogen and oxygen atoms in total. The lowest BCUT2D eigenvalue weighted by Crippen LogP contribution is -2.46. The number of aromatic nitrogens is 3. The molecule has 8 heteroatoms. The van der Waals surface area contributed by atoms with Gasteiger partial charge in [-0.15, -0.1) is 5.10 Å². The molecular weight excluding hydrogens is 356 g/mol. The van der Waals surface area contributed by atoms with Crippen molar-refractivity contribution in [1.29, 1.82) is 0 Å². The number of piperazine rings is 1. The van der Waals surface area contributed by atoms with Crippen LogP contribution in [0.2, 0.25) is 0 Å². The van der Waals surface area contributed by atoms with Gasteiger partial charge in [-0.25, -0.2) is 9.67 Å². The molecule has 2 aromatic carbocycles. The van der Waals surface area contributed by atoms with E-state index in [1.165, 1.54) is 23.4 Å². The number of hydrogen-bond acceptors (Lipinski definition) is 6. The molecule has 28 heavy (non-hydrogen) atoms. The molecule has 1 aromatic heterocycles. The first kappa shape index (κ1) is 18.1. The maximum absolute atomic E-state index is 10.9. The maximum Gasteiger partial charge on any atom is 0.270 e. The van der Waals surface area contributed by atoms with Gasteiger partial charge >= 0.3 is 0 Å². The highest BCUT2D eigenvalue weighted by molar-refractivity contribution is 5.58. The molecule has 4 rings (SSSR count). The van der Waals surface area contributed by atoms with Gasteiger partial charge in [0.2, 0.25) is 0 Å². The standard InChI is InChI=1S/C20H22N6O2/c1-16-4-2-6-18(12-16)24-10-8-23(9-11-24)15-25-14-21-20(22-25)17-5-3-7-19(13-17)26(27)28/h2-7,12-14H,8-11,15H2,1H3. The van der Waals surface area contributed by atoms with E-state index in [2.05, 4.69) is 51.1 Å². The van der Waals surface area contributed by atoms with Gasteiger partial charge in [0, 0.05) is 49.6 Å². The average molecular weight is 378 g/mol. The van der Waals surface area contributed by atoms with E-state index >= 15 is 0 Å². The van der Waals surface area contributed by atoms with Crippen molar-refractivity contribution in [2.45, 2.75) is 13.6 Å². The Morgan fingerprint density at radius 3 is 2.61 bits per heavy atom. The highest BCUT2D eigenvalue weighted by Gasteiger charge is 2.18. The number of benzene rings is 2. The Morgan fingerprint density at radius 2 is 1.86 bits per heavy atom. The lowest BCUT2D eigenvalue weighted by molar-refractivity contribution is -0.384. The smallest absolute Gasteiger partial charge is 0.270 e.